The molecule has 2 nitrogen and oxygen atoms in total. The number of hydrogen-bond acceptors (Lipinski definition) is 1. The van der Waals surface area contributed by atoms with E-state index in [-0.39, 0.29) is 5.04 Å². The van der Waals surface area contributed by atoms with Crippen LogP contribution in [0.5, 0.6) is 5.75 Å². The summed E-state index contributed by atoms with van der Waals surface area (Å²) in [6, 6.07) is 29.8. The molecule has 0 aliphatic carbocycles. The predicted octanol–water partition coefficient (Wildman–Crippen LogP) is 5.11. The van der Waals surface area contributed by atoms with Gasteiger partial charge < -0.3 is 9.41 Å². The topological polar surface area (TPSA) is 25.0 Å². The number of H-pyrrole nitrogens is 1. The second kappa shape index (κ2) is 6.75. The van der Waals surface area contributed by atoms with Gasteiger partial charge in [-0.2, -0.15) is 0 Å². The highest BCUT2D eigenvalue weighted by atomic mass is 28.4. The Morgan fingerprint density at radius 1 is 0.704 bits per heavy atom. The molecule has 0 unspecified atom stereocenters. The number of hydrogen-bond donors (Lipinski definition) is 1. The van der Waals surface area contributed by atoms with Crippen LogP contribution in [-0.4, -0.2) is 13.3 Å². The maximum absolute atomic E-state index is 7.10. The van der Waals surface area contributed by atoms with Gasteiger partial charge in [-0.15, -0.1) is 0 Å². The van der Waals surface area contributed by atoms with Crippen molar-refractivity contribution in [3.8, 4) is 5.75 Å². The van der Waals surface area contributed by atoms with Gasteiger partial charge in [0.25, 0.3) is 0 Å². The summed E-state index contributed by atoms with van der Waals surface area (Å²) in [6.45, 7) is 6.90. The molecule has 0 spiro atoms. The Bertz CT molecular complexity index is 993. The van der Waals surface area contributed by atoms with Gasteiger partial charge in [-0.05, 0) is 27.5 Å². The number of aromatic amines is 1. The molecule has 4 aromatic rings. The standard InChI is InChI=1S/C24H25NOSi/c1-24(2,3)27(19-12-6-4-7-13-19,20-14-8-5-9-15-20)26-23-18-25-22-17-11-10-16-21(22)23/h4-18,25H,1-3H3. The number of para-hydroxylation sites is 1. The SMILES string of the molecule is CC(C)(C)[Si](Oc1c[nH]c2ccccc12)(c1ccccc1)c1ccccc1. The minimum absolute atomic E-state index is 0.0475. The molecule has 27 heavy (non-hydrogen) atoms. The predicted molar refractivity (Wildman–Crippen MR) is 117 cm³/mol. The van der Waals surface area contributed by atoms with E-state index < -0.39 is 8.32 Å². The highest BCUT2D eigenvalue weighted by Gasteiger charge is 2.52. The largest absolute Gasteiger partial charge is 0.533 e. The van der Waals surface area contributed by atoms with E-state index in [2.05, 4.69) is 105 Å². The number of rotatable bonds is 4. The molecule has 0 radical (unpaired) electrons. The quantitative estimate of drug-likeness (QED) is 0.496. The first-order chi connectivity index (χ1) is 13.0. The van der Waals surface area contributed by atoms with Gasteiger partial charge in [0.05, 0.1) is 0 Å². The Hall–Kier alpha value is -2.78. The van der Waals surface area contributed by atoms with Crippen LogP contribution in [0.2, 0.25) is 5.04 Å². The third-order valence-electron chi connectivity index (χ3n) is 5.23. The zero-order valence-electron chi connectivity index (χ0n) is 16.1. The molecule has 136 valence electrons. The average molecular weight is 372 g/mol. The lowest BCUT2D eigenvalue weighted by atomic mass is 10.2. The molecule has 3 aromatic carbocycles. The van der Waals surface area contributed by atoms with E-state index in [0.29, 0.717) is 0 Å². The van der Waals surface area contributed by atoms with E-state index in [1.54, 1.807) is 0 Å². The molecule has 0 saturated carbocycles. The first kappa shape index (κ1) is 17.6. The lowest BCUT2D eigenvalue weighted by Gasteiger charge is -2.42. The molecule has 0 saturated heterocycles. The highest BCUT2D eigenvalue weighted by molar-refractivity contribution is 7.00. The molecule has 4 rings (SSSR count). The molecule has 0 bridgehead atoms. The molecule has 0 amide bonds. The van der Waals surface area contributed by atoms with Crippen molar-refractivity contribution in [3.63, 3.8) is 0 Å². The second-order valence-electron chi connectivity index (χ2n) is 7.96. The first-order valence-electron chi connectivity index (χ1n) is 9.38. The minimum atomic E-state index is -2.59. The van der Waals surface area contributed by atoms with Crippen molar-refractivity contribution in [3.05, 3.63) is 91.1 Å². The van der Waals surface area contributed by atoms with Crippen LogP contribution in [0, 0.1) is 0 Å². The highest BCUT2D eigenvalue weighted by Crippen LogP contribution is 2.39. The molecule has 0 aliphatic rings. The van der Waals surface area contributed by atoms with Gasteiger partial charge in [0, 0.05) is 17.1 Å². The van der Waals surface area contributed by atoms with Gasteiger partial charge in [0.1, 0.15) is 5.75 Å². The van der Waals surface area contributed by atoms with E-state index in [1.807, 2.05) is 12.3 Å². The van der Waals surface area contributed by atoms with Crippen molar-refractivity contribution in [1.82, 2.24) is 4.98 Å². The van der Waals surface area contributed by atoms with E-state index in [9.17, 15) is 0 Å². The molecule has 1 aromatic heterocycles. The van der Waals surface area contributed by atoms with Crippen molar-refractivity contribution in [2.45, 2.75) is 25.8 Å². The lowest BCUT2D eigenvalue weighted by molar-refractivity contribution is 0.512. The molecular formula is C24H25NOSi. The molecule has 1 heterocycles. The van der Waals surface area contributed by atoms with Gasteiger partial charge in [0.2, 0.25) is 0 Å². The van der Waals surface area contributed by atoms with Gasteiger partial charge in [-0.3, -0.25) is 0 Å². The summed E-state index contributed by atoms with van der Waals surface area (Å²) in [5.41, 5.74) is 1.10. The van der Waals surface area contributed by atoms with E-state index >= 15 is 0 Å². The Morgan fingerprint density at radius 2 is 1.22 bits per heavy atom. The fourth-order valence-corrected chi connectivity index (χ4v) is 8.37. The third-order valence-corrected chi connectivity index (χ3v) is 10.2. The number of benzene rings is 3. The summed E-state index contributed by atoms with van der Waals surface area (Å²) in [4.78, 5) is 3.36. The Balaban J connectivity index is 1.98. The Morgan fingerprint density at radius 3 is 1.78 bits per heavy atom. The summed E-state index contributed by atoms with van der Waals surface area (Å²) in [5, 5.41) is 3.65. The van der Waals surface area contributed by atoms with Gasteiger partial charge >= 0.3 is 8.32 Å². The van der Waals surface area contributed by atoms with Crippen molar-refractivity contribution >= 4 is 29.6 Å². The van der Waals surface area contributed by atoms with Crippen LogP contribution in [0.3, 0.4) is 0 Å². The Kier molecular flexibility index (Phi) is 4.40. The monoisotopic (exact) mass is 371 g/mol. The molecule has 0 fully saturated rings. The maximum Gasteiger partial charge on any atom is 0.320 e. The molecular weight excluding hydrogens is 346 g/mol. The van der Waals surface area contributed by atoms with Gasteiger partial charge in [0.15, 0.2) is 0 Å². The fourth-order valence-electron chi connectivity index (χ4n) is 3.94. The third kappa shape index (κ3) is 2.98. The van der Waals surface area contributed by atoms with Crippen LogP contribution >= 0.6 is 0 Å². The maximum atomic E-state index is 7.10. The van der Waals surface area contributed by atoms with Crippen LogP contribution < -0.4 is 14.8 Å². The van der Waals surface area contributed by atoms with Crippen molar-refractivity contribution in [2.75, 3.05) is 0 Å². The number of fused-ring (bicyclic) bond motifs is 1. The smallest absolute Gasteiger partial charge is 0.320 e. The van der Waals surface area contributed by atoms with Crippen LogP contribution in [0.25, 0.3) is 10.9 Å². The van der Waals surface area contributed by atoms with E-state index in [0.717, 1.165) is 16.7 Å². The minimum Gasteiger partial charge on any atom is -0.533 e. The molecule has 0 aliphatic heterocycles. The van der Waals surface area contributed by atoms with E-state index in [1.165, 1.54) is 10.4 Å². The normalized spacial score (nSPS) is 12.3. The van der Waals surface area contributed by atoms with Crippen LogP contribution in [0.15, 0.2) is 91.1 Å². The molecule has 0 atom stereocenters. The Labute approximate surface area is 162 Å². The van der Waals surface area contributed by atoms with E-state index in [4.69, 9.17) is 4.43 Å². The summed E-state index contributed by atoms with van der Waals surface area (Å²) in [5.74, 6) is 0.930. The zero-order valence-corrected chi connectivity index (χ0v) is 17.1. The summed E-state index contributed by atoms with van der Waals surface area (Å²) in [6.07, 6.45) is 2.00. The van der Waals surface area contributed by atoms with Crippen LogP contribution in [0.1, 0.15) is 20.8 Å². The van der Waals surface area contributed by atoms with Gasteiger partial charge in [-0.25, -0.2) is 0 Å². The van der Waals surface area contributed by atoms with Gasteiger partial charge in [-0.1, -0.05) is 93.6 Å². The number of nitrogens with one attached hydrogen (secondary N) is 1. The summed E-state index contributed by atoms with van der Waals surface area (Å²) in [7, 11) is -2.59. The summed E-state index contributed by atoms with van der Waals surface area (Å²) >= 11 is 0. The summed E-state index contributed by atoms with van der Waals surface area (Å²) < 4.78 is 7.10. The van der Waals surface area contributed by atoms with Crippen molar-refractivity contribution in [1.29, 1.82) is 0 Å². The van der Waals surface area contributed by atoms with Crippen molar-refractivity contribution < 1.29 is 4.43 Å². The molecule has 1 N–H and O–H groups in total. The zero-order chi connectivity index (χ0) is 18.9. The fraction of sp³-hybridized carbons (Fsp3) is 0.167. The lowest BCUT2D eigenvalue weighted by Crippen LogP contribution is -2.68. The first-order valence-corrected chi connectivity index (χ1v) is 11.3. The average Bonchev–Trinajstić information content (AvgIpc) is 3.09. The van der Waals surface area contributed by atoms with Crippen molar-refractivity contribution in [2.24, 2.45) is 0 Å². The molecule has 3 heteroatoms. The number of aromatic nitrogens is 1. The second-order valence-corrected chi connectivity index (χ2v) is 12.2. The van der Waals surface area contributed by atoms with Crippen LogP contribution in [0.4, 0.5) is 0 Å². The van der Waals surface area contributed by atoms with Crippen LogP contribution in [-0.2, 0) is 0 Å².